The predicted molar refractivity (Wildman–Crippen MR) is 114 cm³/mol. The second kappa shape index (κ2) is 8.69. The Morgan fingerprint density at radius 1 is 1.11 bits per heavy atom. The van der Waals surface area contributed by atoms with Crippen molar-refractivity contribution in [2.75, 3.05) is 50.7 Å². The third-order valence-electron chi connectivity index (χ3n) is 5.13. The number of anilines is 2. The lowest BCUT2D eigenvalue weighted by molar-refractivity contribution is -0.119. The van der Waals surface area contributed by atoms with Gasteiger partial charge >= 0.3 is 0 Å². The number of piperazine rings is 1. The number of aromatic nitrogens is 1. The Kier molecular flexibility index (Phi) is 6.06. The van der Waals surface area contributed by atoms with E-state index in [2.05, 4.69) is 43.9 Å². The molecule has 0 bridgehead atoms. The van der Waals surface area contributed by atoms with Crippen molar-refractivity contribution in [2.24, 2.45) is 5.73 Å². The second-order valence-corrected chi connectivity index (χ2v) is 8.65. The summed E-state index contributed by atoms with van der Waals surface area (Å²) in [6.45, 7) is 6.04. The number of amides is 1. The van der Waals surface area contributed by atoms with Gasteiger partial charge in [0.1, 0.15) is 5.82 Å². The molecule has 2 aliphatic rings. The average Bonchev–Trinajstić information content (AvgIpc) is 2.68. The SMILES string of the molecule is NC(=O)CN1CCN(CCCN2c3ccccc3Sc3cc(Cl)cnc32)CC1. The maximum Gasteiger partial charge on any atom is 0.231 e. The predicted octanol–water partition coefficient (Wildman–Crippen LogP) is 2.83. The van der Waals surface area contributed by atoms with Crippen molar-refractivity contribution in [3.8, 4) is 0 Å². The van der Waals surface area contributed by atoms with Gasteiger partial charge < -0.3 is 15.5 Å². The molecule has 0 radical (unpaired) electrons. The van der Waals surface area contributed by atoms with E-state index >= 15 is 0 Å². The minimum absolute atomic E-state index is 0.249. The third kappa shape index (κ3) is 4.43. The fraction of sp³-hybridized carbons (Fsp3) is 0.400. The van der Waals surface area contributed by atoms with E-state index in [1.807, 2.05) is 6.07 Å². The van der Waals surface area contributed by atoms with E-state index in [0.717, 1.165) is 56.4 Å². The van der Waals surface area contributed by atoms with Gasteiger partial charge in [-0.1, -0.05) is 35.5 Å². The van der Waals surface area contributed by atoms with Crippen LogP contribution >= 0.6 is 23.4 Å². The first-order valence-electron chi connectivity index (χ1n) is 9.53. The van der Waals surface area contributed by atoms with E-state index < -0.39 is 0 Å². The number of hydrogen-bond acceptors (Lipinski definition) is 6. The van der Waals surface area contributed by atoms with Gasteiger partial charge in [0, 0.05) is 43.8 Å². The molecule has 1 saturated heterocycles. The standard InChI is InChI=1S/C20H24ClN5OS/c21-15-12-18-20(23-13-15)26(16-4-1-2-5-17(16)28-18)7-3-6-24-8-10-25(11-9-24)14-19(22)27/h1-2,4-5,12-13H,3,6-11,14H2,(H2,22,27). The van der Waals surface area contributed by atoms with E-state index in [0.29, 0.717) is 11.6 Å². The quantitative estimate of drug-likeness (QED) is 0.779. The number of rotatable bonds is 6. The first kappa shape index (κ1) is 19.5. The van der Waals surface area contributed by atoms with Crippen LogP contribution in [0, 0.1) is 0 Å². The third-order valence-corrected chi connectivity index (χ3v) is 6.42. The summed E-state index contributed by atoms with van der Waals surface area (Å²) in [5.41, 5.74) is 6.50. The van der Waals surface area contributed by atoms with Crippen molar-refractivity contribution >= 4 is 40.8 Å². The summed E-state index contributed by atoms with van der Waals surface area (Å²) in [6.07, 6.45) is 2.76. The van der Waals surface area contributed by atoms with Crippen LogP contribution in [0.1, 0.15) is 6.42 Å². The lowest BCUT2D eigenvalue weighted by Gasteiger charge is -2.35. The number of hydrogen-bond donors (Lipinski definition) is 1. The molecule has 4 rings (SSSR count). The van der Waals surface area contributed by atoms with Gasteiger partial charge in [0.05, 0.1) is 22.2 Å². The molecule has 2 aliphatic heterocycles. The molecule has 148 valence electrons. The van der Waals surface area contributed by atoms with Crippen LogP contribution in [0.4, 0.5) is 11.5 Å². The summed E-state index contributed by atoms with van der Waals surface area (Å²) in [5.74, 6) is 0.737. The highest BCUT2D eigenvalue weighted by Crippen LogP contribution is 2.47. The van der Waals surface area contributed by atoms with E-state index in [-0.39, 0.29) is 5.91 Å². The number of primary amides is 1. The van der Waals surface area contributed by atoms with E-state index in [1.54, 1.807) is 18.0 Å². The first-order valence-corrected chi connectivity index (χ1v) is 10.7. The Morgan fingerprint density at radius 3 is 2.64 bits per heavy atom. The topological polar surface area (TPSA) is 65.7 Å². The highest BCUT2D eigenvalue weighted by molar-refractivity contribution is 7.99. The van der Waals surface area contributed by atoms with E-state index in [4.69, 9.17) is 17.3 Å². The van der Waals surface area contributed by atoms with Gasteiger partial charge in [0.25, 0.3) is 0 Å². The van der Waals surface area contributed by atoms with Gasteiger partial charge in [-0.15, -0.1) is 0 Å². The molecular formula is C20H24ClN5OS. The summed E-state index contributed by atoms with van der Waals surface area (Å²) < 4.78 is 0. The minimum atomic E-state index is -0.249. The number of para-hydroxylation sites is 1. The number of carbonyl (C=O) groups excluding carboxylic acids is 1. The Labute approximate surface area is 174 Å². The summed E-state index contributed by atoms with van der Waals surface area (Å²) >= 11 is 7.89. The molecular weight excluding hydrogens is 394 g/mol. The number of pyridine rings is 1. The summed E-state index contributed by atoms with van der Waals surface area (Å²) in [7, 11) is 0. The number of carbonyl (C=O) groups is 1. The molecule has 1 aromatic heterocycles. The van der Waals surface area contributed by atoms with Crippen molar-refractivity contribution in [3.05, 3.63) is 41.6 Å². The second-order valence-electron chi connectivity index (χ2n) is 7.13. The maximum absolute atomic E-state index is 11.1. The van der Waals surface area contributed by atoms with Gasteiger partial charge in [-0.2, -0.15) is 0 Å². The van der Waals surface area contributed by atoms with Crippen molar-refractivity contribution < 1.29 is 4.79 Å². The van der Waals surface area contributed by atoms with E-state index in [9.17, 15) is 4.79 Å². The normalized spacial score (nSPS) is 17.2. The number of nitrogens with two attached hydrogens (primary N) is 1. The smallest absolute Gasteiger partial charge is 0.231 e. The van der Waals surface area contributed by atoms with Crippen molar-refractivity contribution in [3.63, 3.8) is 0 Å². The molecule has 1 fully saturated rings. The molecule has 1 aromatic carbocycles. The average molecular weight is 418 g/mol. The lowest BCUT2D eigenvalue weighted by atomic mass is 10.2. The molecule has 1 amide bonds. The van der Waals surface area contributed by atoms with Crippen LogP contribution in [-0.2, 0) is 4.79 Å². The van der Waals surface area contributed by atoms with Crippen LogP contribution in [0.25, 0.3) is 0 Å². The molecule has 0 spiro atoms. The monoisotopic (exact) mass is 417 g/mol. The zero-order valence-electron chi connectivity index (χ0n) is 15.7. The Balaban J connectivity index is 1.38. The van der Waals surface area contributed by atoms with E-state index in [1.165, 1.54) is 10.6 Å². The minimum Gasteiger partial charge on any atom is -0.369 e. The van der Waals surface area contributed by atoms with Crippen LogP contribution in [0.2, 0.25) is 5.02 Å². The van der Waals surface area contributed by atoms with Crippen LogP contribution in [0.15, 0.2) is 46.3 Å². The number of halogens is 1. The van der Waals surface area contributed by atoms with Crippen LogP contribution in [0.5, 0.6) is 0 Å². The Morgan fingerprint density at radius 2 is 1.86 bits per heavy atom. The zero-order chi connectivity index (χ0) is 19.5. The van der Waals surface area contributed by atoms with Gasteiger partial charge in [-0.3, -0.25) is 9.69 Å². The van der Waals surface area contributed by atoms with Crippen LogP contribution < -0.4 is 10.6 Å². The maximum atomic E-state index is 11.1. The van der Waals surface area contributed by atoms with Gasteiger partial charge in [0.2, 0.25) is 5.91 Å². The Hall–Kier alpha value is -1.80. The molecule has 0 unspecified atom stereocenters. The highest BCUT2D eigenvalue weighted by atomic mass is 35.5. The fourth-order valence-electron chi connectivity index (χ4n) is 3.76. The number of fused-ring (bicyclic) bond motifs is 2. The molecule has 0 saturated carbocycles. The van der Waals surface area contributed by atoms with Gasteiger partial charge in [-0.25, -0.2) is 4.98 Å². The number of benzene rings is 1. The largest absolute Gasteiger partial charge is 0.369 e. The molecule has 6 nitrogen and oxygen atoms in total. The fourth-order valence-corrected chi connectivity index (χ4v) is 5.09. The molecule has 3 heterocycles. The lowest BCUT2D eigenvalue weighted by Crippen LogP contribution is -2.49. The van der Waals surface area contributed by atoms with Crippen molar-refractivity contribution in [1.82, 2.24) is 14.8 Å². The summed E-state index contributed by atoms with van der Waals surface area (Å²) in [4.78, 5) is 24.9. The molecule has 8 heteroatoms. The first-order chi connectivity index (χ1) is 13.6. The molecule has 0 aliphatic carbocycles. The molecule has 28 heavy (non-hydrogen) atoms. The highest BCUT2D eigenvalue weighted by Gasteiger charge is 2.25. The van der Waals surface area contributed by atoms with Crippen molar-refractivity contribution in [1.29, 1.82) is 0 Å². The number of nitrogens with zero attached hydrogens (tertiary/aromatic N) is 4. The molecule has 2 aromatic rings. The summed E-state index contributed by atoms with van der Waals surface area (Å²) in [6, 6.07) is 10.4. The van der Waals surface area contributed by atoms with Crippen molar-refractivity contribution in [2.45, 2.75) is 16.2 Å². The Bertz CT molecular complexity index is 856. The van der Waals surface area contributed by atoms with Gasteiger partial charge in [0.15, 0.2) is 0 Å². The zero-order valence-corrected chi connectivity index (χ0v) is 17.3. The molecule has 0 atom stereocenters. The van der Waals surface area contributed by atoms with Crippen LogP contribution in [0.3, 0.4) is 0 Å². The van der Waals surface area contributed by atoms with Crippen LogP contribution in [-0.4, -0.2) is 66.5 Å². The van der Waals surface area contributed by atoms with Gasteiger partial charge in [-0.05, 0) is 31.2 Å². The molecule has 2 N–H and O–H groups in total. The summed E-state index contributed by atoms with van der Waals surface area (Å²) in [5, 5.41) is 0.666.